The summed E-state index contributed by atoms with van der Waals surface area (Å²) in [5, 5.41) is 17.6. The molecule has 1 atom stereocenters. The van der Waals surface area contributed by atoms with Crippen LogP contribution in [0.5, 0.6) is 5.75 Å². The van der Waals surface area contributed by atoms with Crippen LogP contribution in [0.15, 0.2) is 24.3 Å². The minimum atomic E-state index is -0.981. The Morgan fingerprint density at radius 1 is 1.33 bits per heavy atom. The lowest BCUT2D eigenvalue weighted by atomic mass is 9.98. The molecule has 0 aliphatic carbocycles. The van der Waals surface area contributed by atoms with Crippen molar-refractivity contribution in [3.8, 4) is 5.75 Å². The van der Waals surface area contributed by atoms with Gasteiger partial charge in [0.15, 0.2) is 0 Å². The molecule has 0 saturated carbocycles. The first kappa shape index (κ1) is 11.2. The molecule has 0 spiro atoms. The molecule has 0 aliphatic rings. The van der Waals surface area contributed by atoms with Crippen LogP contribution in [0, 0.1) is 5.92 Å². The number of carbonyl (C=O) groups excluding carboxylic acids is 1. The normalized spacial score (nSPS) is 12.0. The van der Waals surface area contributed by atoms with Crippen molar-refractivity contribution in [1.29, 1.82) is 0 Å². The molecule has 0 saturated heterocycles. The third kappa shape index (κ3) is 3.81. The number of hydrogen-bond acceptors (Lipinski definition) is 3. The van der Waals surface area contributed by atoms with E-state index in [0.717, 1.165) is 5.56 Å². The Labute approximate surface area is 87.2 Å². The summed E-state index contributed by atoms with van der Waals surface area (Å²) >= 11 is 0. The van der Waals surface area contributed by atoms with Crippen LogP contribution in [-0.4, -0.2) is 22.5 Å². The molecule has 0 aromatic heterocycles. The fourth-order valence-electron chi connectivity index (χ4n) is 1.33. The maximum Gasteiger partial charge on any atom is 0.304 e. The van der Waals surface area contributed by atoms with Gasteiger partial charge in [-0.1, -0.05) is 12.1 Å². The fraction of sp³-hybridized carbons (Fsp3) is 0.273. The van der Waals surface area contributed by atoms with Crippen LogP contribution in [0.1, 0.15) is 12.0 Å². The van der Waals surface area contributed by atoms with E-state index in [1.165, 1.54) is 12.1 Å². The predicted molar refractivity (Wildman–Crippen MR) is 53.6 cm³/mol. The molecule has 4 heteroatoms. The van der Waals surface area contributed by atoms with Crippen LogP contribution >= 0.6 is 0 Å². The van der Waals surface area contributed by atoms with Crippen LogP contribution in [0.4, 0.5) is 0 Å². The van der Waals surface area contributed by atoms with Crippen molar-refractivity contribution < 1.29 is 19.8 Å². The quantitative estimate of drug-likeness (QED) is 0.713. The molecule has 1 aromatic carbocycles. The van der Waals surface area contributed by atoms with E-state index >= 15 is 0 Å². The van der Waals surface area contributed by atoms with Gasteiger partial charge >= 0.3 is 5.97 Å². The van der Waals surface area contributed by atoms with Gasteiger partial charge in [-0.2, -0.15) is 0 Å². The number of aliphatic carboxylic acids is 1. The van der Waals surface area contributed by atoms with Gasteiger partial charge in [0.1, 0.15) is 12.0 Å². The van der Waals surface area contributed by atoms with Crippen molar-refractivity contribution in [1.82, 2.24) is 0 Å². The largest absolute Gasteiger partial charge is 0.508 e. The number of carboxylic acids is 1. The van der Waals surface area contributed by atoms with Crippen molar-refractivity contribution in [3.63, 3.8) is 0 Å². The van der Waals surface area contributed by atoms with Crippen LogP contribution in [0.25, 0.3) is 0 Å². The molecule has 4 nitrogen and oxygen atoms in total. The Bertz CT molecular complexity index is 342. The maximum atomic E-state index is 10.6. The molecule has 2 N–H and O–H groups in total. The van der Waals surface area contributed by atoms with Crippen LogP contribution in [-0.2, 0) is 16.0 Å². The van der Waals surface area contributed by atoms with Gasteiger partial charge in [0.05, 0.1) is 6.42 Å². The minimum absolute atomic E-state index is 0.152. The average molecular weight is 208 g/mol. The highest BCUT2D eigenvalue weighted by molar-refractivity contribution is 5.72. The smallest absolute Gasteiger partial charge is 0.304 e. The van der Waals surface area contributed by atoms with E-state index in [4.69, 9.17) is 10.2 Å². The number of aldehydes is 1. The molecule has 0 radical (unpaired) electrons. The molecule has 1 aromatic rings. The van der Waals surface area contributed by atoms with Gasteiger partial charge in [-0.3, -0.25) is 4.79 Å². The fourth-order valence-corrected chi connectivity index (χ4v) is 1.33. The van der Waals surface area contributed by atoms with E-state index in [1.54, 1.807) is 12.1 Å². The van der Waals surface area contributed by atoms with Crippen molar-refractivity contribution in [2.45, 2.75) is 12.8 Å². The first-order chi connectivity index (χ1) is 7.11. The lowest BCUT2D eigenvalue weighted by Gasteiger charge is -2.07. The molecule has 1 rings (SSSR count). The number of rotatable bonds is 5. The van der Waals surface area contributed by atoms with Gasteiger partial charge in [-0.15, -0.1) is 0 Å². The van der Waals surface area contributed by atoms with Crippen LogP contribution < -0.4 is 0 Å². The third-order valence-electron chi connectivity index (χ3n) is 2.06. The van der Waals surface area contributed by atoms with Crippen molar-refractivity contribution >= 4 is 12.3 Å². The monoisotopic (exact) mass is 208 g/mol. The Morgan fingerprint density at radius 3 is 2.40 bits per heavy atom. The van der Waals surface area contributed by atoms with Gasteiger partial charge in [0, 0.05) is 5.92 Å². The topological polar surface area (TPSA) is 74.6 Å². The first-order valence-corrected chi connectivity index (χ1v) is 4.57. The highest BCUT2D eigenvalue weighted by Crippen LogP contribution is 2.14. The van der Waals surface area contributed by atoms with Crippen molar-refractivity contribution in [3.05, 3.63) is 29.8 Å². The molecule has 1 unspecified atom stereocenters. The Morgan fingerprint density at radius 2 is 1.93 bits per heavy atom. The van der Waals surface area contributed by atoms with E-state index < -0.39 is 11.9 Å². The summed E-state index contributed by atoms with van der Waals surface area (Å²) in [6.07, 6.45) is 0.876. The second-order valence-corrected chi connectivity index (χ2v) is 3.36. The second kappa shape index (κ2) is 5.14. The van der Waals surface area contributed by atoms with E-state index in [9.17, 15) is 9.59 Å². The summed E-state index contributed by atoms with van der Waals surface area (Å²) < 4.78 is 0. The molecule has 0 heterocycles. The molecule has 0 bridgehead atoms. The van der Waals surface area contributed by atoms with Gasteiger partial charge in [-0.05, 0) is 24.1 Å². The number of hydrogen-bond donors (Lipinski definition) is 2. The number of phenolic OH excluding ortho intramolecular Hbond substituents is 1. The number of carbonyl (C=O) groups is 2. The lowest BCUT2D eigenvalue weighted by molar-refractivity contribution is -0.139. The molecule has 80 valence electrons. The SMILES string of the molecule is O=CC(CC(=O)O)Cc1ccc(O)cc1. The van der Waals surface area contributed by atoms with Crippen LogP contribution in [0.3, 0.4) is 0 Å². The number of phenols is 1. The summed E-state index contributed by atoms with van der Waals surface area (Å²) in [5.41, 5.74) is 0.839. The number of carboxylic acid groups (broad SMARTS) is 1. The Hall–Kier alpha value is -1.84. The molecule has 15 heavy (non-hydrogen) atoms. The highest BCUT2D eigenvalue weighted by Gasteiger charge is 2.12. The third-order valence-corrected chi connectivity index (χ3v) is 2.06. The summed E-state index contributed by atoms with van der Waals surface area (Å²) in [6.45, 7) is 0. The van der Waals surface area contributed by atoms with Gasteiger partial charge < -0.3 is 15.0 Å². The molecule has 0 amide bonds. The molecular weight excluding hydrogens is 196 g/mol. The van der Waals surface area contributed by atoms with Crippen molar-refractivity contribution in [2.24, 2.45) is 5.92 Å². The standard InChI is InChI=1S/C11H12O4/c12-7-9(6-11(14)15)5-8-1-3-10(13)4-2-8/h1-4,7,9,13H,5-6H2,(H,14,15). The number of aromatic hydroxyl groups is 1. The molecule has 0 fully saturated rings. The highest BCUT2D eigenvalue weighted by atomic mass is 16.4. The minimum Gasteiger partial charge on any atom is -0.508 e. The van der Waals surface area contributed by atoms with E-state index in [1.807, 2.05) is 0 Å². The zero-order valence-corrected chi connectivity index (χ0v) is 8.09. The van der Waals surface area contributed by atoms with Crippen LogP contribution in [0.2, 0.25) is 0 Å². The maximum absolute atomic E-state index is 10.6. The zero-order chi connectivity index (χ0) is 11.3. The molecular formula is C11H12O4. The Balaban J connectivity index is 2.62. The average Bonchev–Trinajstić information content (AvgIpc) is 2.19. The van der Waals surface area contributed by atoms with Gasteiger partial charge in [0.2, 0.25) is 0 Å². The van der Waals surface area contributed by atoms with Gasteiger partial charge in [-0.25, -0.2) is 0 Å². The Kier molecular flexibility index (Phi) is 3.85. The van der Waals surface area contributed by atoms with E-state index in [-0.39, 0.29) is 12.2 Å². The number of benzene rings is 1. The van der Waals surface area contributed by atoms with Crippen molar-refractivity contribution in [2.75, 3.05) is 0 Å². The summed E-state index contributed by atoms with van der Waals surface area (Å²) in [5.74, 6) is -1.34. The lowest BCUT2D eigenvalue weighted by Crippen LogP contribution is -2.11. The van der Waals surface area contributed by atoms with E-state index in [2.05, 4.69) is 0 Å². The first-order valence-electron chi connectivity index (χ1n) is 4.57. The van der Waals surface area contributed by atoms with E-state index in [0.29, 0.717) is 12.7 Å². The summed E-state index contributed by atoms with van der Waals surface area (Å²) in [6, 6.07) is 6.37. The predicted octanol–water partition coefficient (Wildman–Crippen LogP) is 1.22. The summed E-state index contributed by atoms with van der Waals surface area (Å²) in [4.78, 5) is 21.0. The van der Waals surface area contributed by atoms with Gasteiger partial charge in [0.25, 0.3) is 0 Å². The zero-order valence-electron chi connectivity index (χ0n) is 8.09. The second-order valence-electron chi connectivity index (χ2n) is 3.36. The molecule has 0 aliphatic heterocycles. The summed E-state index contributed by atoms with van der Waals surface area (Å²) in [7, 11) is 0.